The first-order chi connectivity index (χ1) is 5.52. The summed E-state index contributed by atoms with van der Waals surface area (Å²) in [5.74, 6) is -0.546. The van der Waals surface area contributed by atoms with Crippen molar-refractivity contribution in [2.24, 2.45) is 5.73 Å². The van der Waals surface area contributed by atoms with Gasteiger partial charge in [-0.25, -0.2) is 4.98 Å². The molecule has 5 heteroatoms. The summed E-state index contributed by atoms with van der Waals surface area (Å²) in [4.78, 5) is 15.3. The molecule has 0 radical (unpaired) electrons. The molecular weight excluding hydrogens is 176 g/mol. The van der Waals surface area contributed by atoms with Gasteiger partial charge < -0.3 is 10.8 Å². The van der Waals surface area contributed by atoms with Crippen molar-refractivity contribution in [3.8, 4) is 0 Å². The molecular formula is C7H10N2O2S. The van der Waals surface area contributed by atoms with E-state index in [4.69, 9.17) is 5.73 Å². The van der Waals surface area contributed by atoms with Gasteiger partial charge in [-0.05, 0) is 13.8 Å². The van der Waals surface area contributed by atoms with Gasteiger partial charge in [-0.1, -0.05) is 0 Å². The Labute approximate surface area is 74.0 Å². The van der Waals surface area contributed by atoms with Crippen molar-refractivity contribution in [3.63, 3.8) is 0 Å². The number of rotatable bonds is 2. The van der Waals surface area contributed by atoms with Crippen LogP contribution in [-0.4, -0.2) is 16.0 Å². The number of hydrogen-bond acceptors (Lipinski definition) is 4. The number of aliphatic hydroxyl groups is 1. The number of hydrogen-bond donors (Lipinski definition) is 2. The van der Waals surface area contributed by atoms with Crippen LogP contribution in [0, 0.1) is 6.92 Å². The predicted octanol–water partition coefficient (Wildman–Crippen LogP) is 0.604. The van der Waals surface area contributed by atoms with E-state index in [1.807, 2.05) is 0 Å². The maximum atomic E-state index is 10.7. The molecule has 0 saturated heterocycles. The molecule has 12 heavy (non-hydrogen) atoms. The minimum atomic E-state index is -0.587. The summed E-state index contributed by atoms with van der Waals surface area (Å²) in [5, 5.41) is 9.47. The molecule has 3 N–H and O–H groups in total. The number of amides is 1. The Morgan fingerprint density at radius 3 is 2.58 bits per heavy atom. The van der Waals surface area contributed by atoms with Crippen molar-refractivity contribution >= 4 is 17.2 Å². The van der Waals surface area contributed by atoms with Crippen molar-refractivity contribution in [1.82, 2.24) is 4.98 Å². The molecule has 1 amide bonds. The van der Waals surface area contributed by atoms with E-state index < -0.39 is 12.0 Å². The van der Waals surface area contributed by atoms with E-state index in [9.17, 15) is 9.90 Å². The molecule has 1 aromatic rings. The quantitative estimate of drug-likeness (QED) is 0.710. The lowest BCUT2D eigenvalue weighted by molar-refractivity contribution is 0.1000. The van der Waals surface area contributed by atoms with Gasteiger partial charge in [-0.2, -0.15) is 0 Å². The van der Waals surface area contributed by atoms with E-state index in [1.54, 1.807) is 13.8 Å². The average Bonchev–Trinajstić information content (AvgIpc) is 2.30. The number of nitrogens with two attached hydrogens (primary N) is 1. The topological polar surface area (TPSA) is 76.2 Å². The minimum absolute atomic E-state index is 0.253. The van der Waals surface area contributed by atoms with E-state index in [1.165, 1.54) is 0 Å². The molecule has 0 aliphatic heterocycles. The highest BCUT2D eigenvalue weighted by Crippen LogP contribution is 2.24. The van der Waals surface area contributed by atoms with Gasteiger partial charge >= 0.3 is 0 Å². The molecule has 1 rings (SSSR count). The van der Waals surface area contributed by atoms with Crippen LogP contribution in [0.1, 0.15) is 33.4 Å². The summed E-state index contributed by atoms with van der Waals surface area (Å²) < 4.78 is 0. The highest BCUT2D eigenvalue weighted by molar-refractivity contribution is 7.13. The summed E-state index contributed by atoms with van der Waals surface area (Å²) in [6.07, 6.45) is -0.587. The summed E-state index contributed by atoms with van der Waals surface area (Å²) in [7, 11) is 0. The zero-order valence-corrected chi connectivity index (χ0v) is 7.68. The molecule has 0 aromatic carbocycles. The van der Waals surface area contributed by atoms with Gasteiger partial charge in [0.1, 0.15) is 0 Å². The third-order valence-electron chi connectivity index (χ3n) is 1.42. The zero-order valence-electron chi connectivity index (χ0n) is 6.87. The van der Waals surface area contributed by atoms with Crippen LogP contribution in [0.15, 0.2) is 0 Å². The Morgan fingerprint density at radius 2 is 2.33 bits per heavy atom. The molecule has 0 aliphatic rings. The standard InChI is InChI=1S/C7H10N2O2S/c1-3-5(4(2)10)12-7(9-3)6(8)11/h4,10H,1-2H3,(H2,8,11). The molecule has 1 atom stereocenters. The first-order valence-electron chi connectivity index (χ1n) is 3.47. The molecule has 4 nitrogen and oxygen atoms in total. The van der Waals surface area contributed by atoms with Crippen LogP contribution in [-0.2, 0) is 0 Å². The lowest BCUT2D eigenvalue weighted by atomic mass is 10.3. The maximum absolute atomic E-state index is 10.7. The fourth-order valence-corrected chi connectivity index (χ4v) is 1.76. The normalized spacial score (nSPS) is 12.9. The van der Waals surface area contributed by atoms with Crippen LogP contribution in [0.3, 0.4) is 0 Å². The first kappa shape index (κ1) is 9.15. The minimum Gasteiger partial charge on any atom is -0.388 e. The van der Waals surface area contributed by atoms with Crippen molar-refractivity contribution in [2.45, 2.75) is 20.0 Å². The molecule has 1 unspecified atom stereocenters. The van der Waals surface area contributed by atoms with Gasteiger partial charge in [-0.15, -0.1) is 11.3 Å². The molecule has 1 aromatic heterocycles. The number of thiazole rings is 1. The number of nitrogens with zero attached hydrogens (tertiary/aromatic N) is 1. The lowest BCUT2D eigenvalue weighted by Gasteiger charge is -1.98. The van der Waals surface area contributed by atoms with Crippen molar-refractivity contribution in [1.29, 1.82) is 0 Å². The molecule has 0 saturated carbocycles. The number of aliphatic hydroxyl groups excluding tert-OH is 1. The fraction of sp³-hybridized carbons (Fsp3) is 0.429. The number of aryl methyl sites for hydroxylation is 1. The van der Waals surface area contributed by atoms with Crippen LogP contribution in [0.25, 0.3) is 0 Å². The number of carbonyl (C=O) groups excluding carboxylic acids is 1. The summed E-state index contributed by atoms with van der Waals surface area (Å²) in [5.41, 5.74) is 5.69. The Hall–Kier alpha value is -0.940. The molecule has 0 fully saturated rings. The Balaban J connectivity index is 3.09. The number of primary amides is 1. The van der Waals surface area contributed by atoms with E-state index in [0.29, 0.717) is 10.6 Å². The molecule has 0 spiro atoms. The van der Waals surface area contributed by atoms with Crippen LogP contribution in [0.4, 0.5) is 0 Å². The second-order valence-electron chi connectivity index (χ2n) is 2.51. The van der Waals surface area contributed by atoms with E-state index >= 15 is 0 Å². The van der Waals surface area contributed by atoms with Gasteiger partial charge in [0.25, 0.3) is 5.91 Å². The number of aromatic nitrogens is 1. The van der Waals surface area contributed by atoms with Crippen molar-refractivity contribution in [2.75, 3.05) is 0 Å². The molecule has 0 bridgehead atoms. The second kappa shape index (κ2) is 3.20. The summed E-state index contributed by atoms with van der Waals surface area (Å²) in [6.45, 7) is 3.37. The highest BCUT2D eigenvalue weighted by atomic mass is 32.1. The summed E-state index contributed by atoms with van der Waals surface area (Å²) >= 11 is 1.14. The average molecular weight is 186 g/mol. The molecule has 66 valence electrons. The maximum Gasteiger partial charge on any atom is 0.277 e. The van der Waals surface area contributed by atoms with Gasteiger partial charge in [0.2, 0.25) is 0 Å². The number of carbonyl (C=O) groups is 1. The van der Waals surface area contributed by atoms with Gasteiger partial charge in [-0.3, -0.25) is 4.79 Å². The molecule has 0 aliphatic carbocycles. The predicted molar refractivity (Wildman–Crippen MR) is 46.0 cm³/mol. The van der Waals surface area contributed by atoms with Gasteiger partial charge in [0, 0.05) is 0 Å². The third kappa shape index (κ3) is 1.62. The van der Waals surface area contributed by atoms with E-state index in [2.05, 4.69) is 4.98 Å². The summed E-state index contributed by atoms with van der Waals surface area (Å²) in [6, 6.07) is 0. The van der Waals surface area contributed by atoms with Crippen molar-refractivity contribution < 1.29 is 9.90 Å². The third-order valence-corrected chi connectivity index (χ3v) is 2.76. The zero-order chi connectivity index (χ0) is 9.30. The largest absolute Gasteiger partial charge is 0.388 e. The van der Waals surface area contributed by atoms with Crippen LogP contribution >= 0.6 is 11.3 Å². The first-order valence-corrected chi connectivity index (χ1v) is 4.29. The monoisotopic (exact) mass is 186 g/mol. The second-order valence-corrected chi connectivity index (χ2v) is 3.54. The van der Waals surface area contributed by atoms with Crippen LogP contribution in [0.5, 0.6) is 0 Å². The smallest absolute Gasteiger partial charge is 0.277 e. The Kier molecular flexibility index (Phi) is 2.44. The Morgan fingerprint density at radius 1 is 1.75 bits per heavy atom. The van der Waals surface area contributed by atoms with Gasteiger partial charge in [0.15, 0.2) is 5.01 Å². The van der Waals surface area contributed by atoms with Gasteiger partial charge in [0.05, 0.1) is 16.7 Å². The SMILES string of the molecule is Cc1nc(C(N)=O)sc1C(C)O. The Bertz CT molecular complexity index is 306. The van der Waals surface area contributed by atoms with Crippen LogP contribution in [0.2, 0.25) is 0 Å². The lowest BCUT2D eigenvalue weighted by Crippen LogP contribution is -2.10. The van der Waals surface area contributed by atoms with E-state index in [-0.39, 0.29) is 5.01 Å². The van der Waals surface area contributed by atoms with Crippen molar-refractivity contribution in [3.05, 3.63) is 15.6 Å². The van der Waals surface area contributed by atoms with E-state index in [0.717, 1.165) is 11.3 Å². The fourth-order valence-electron chi connectivity index (χ4n) is 0.901. The highest BCUT2D eigenvalue weighted by Gasteiger charge is 2.14. The van der Waals surface area contributed by atoms with Crippen LogP contribution < -0.4 is 5.73 Å². The molecule has 1 heterocycles.